The molecule has 1 aliphatic heterocycles. The maximum atomic E-state index is 13.5. The SMILES string of the molecule is CC[C@H]1CN(C(=O)c2cc(-c3cnc(N)nc3)nc3c(C)cc(C)cc23)CCO1. The summed E-state index contributed by atoms with van der Waals surface area (Å²) >= 11 is 0. The summed E-state index contributed by atoms with van der Waals surface area (Å²) in [5.74, 6) is 0.207. The van der Waals surface area contributed by atoms with Crippen molar-refractivity contribution in [3.8, 4) is 11.3 Å². The van der Waals surface area contributed by atoms with Crippen molar-refractivity contribution in [2.45, 2.75) is 33.3 Å². The molecule has 2 N–H and O–H groups in total. The van der Waals surface area contributed by atoms with Gasteiger partial charge in [0.25, 0.3) is 5.91 Å². The summed E-state index contributed by atoms with van der Waals surface area (Å²) in [7, 11) is 0. The molecule has 3 aromatic rings. The summed E-state index contributed by atoms with van der Waals surface area (Å²) in [6, 6.07) is 5.95. The number of nitrogens with zero attached hydrogens (tertiary/aromatic N) is 4. The van der Waals surface area contributed by atoms with E-state index in [1.54, 1.807) is 12.4 Å². The van der Waals surface area contributed by atoms with Gasteiger partial charge < -0.3 is 15.4 Å². The molecule has 1 atom stereocenters. The first-order valence-corrected chi connectivity index (χ1v) is 9.87. The Kier molecular flexibility index (Phi) is 5.15. The average Bonchev–Trinajstić information content (AvgIpc) is 2.73. The molecule has 150 valence electrons. The molecule has 7 heteroatoms. The molecular formula is C22H25N5O2. The molecule has 7 nitrogen and oxygen atoms in total. The van der Waals surface area contributed by atoms with E-state index < -0.39 is 0 Å². The lowest BCUT2D eigenvalue weighted by molar-refractivity contribution is -0.0225. The Bertz CT molecular complexity index is 1060. The van der Waals surface area contributed by atoms with Crippen LogP contribution in [0.15, 0.2) is 30.6 Å². The highest BCUT2D eigenvalue weighted by atomic mass is 16.5. The first kappa shape index (κ1) is 19.3. The van der Waals surface area contributed by atoms with Crippen LogP contribution in [0.25, 0.3) is 22.2 Å². The fourth-order valence-electron chi connectivity index (χ4n) is 3.80. The first-order valence-electron chi connectivity index (χ1n) is 9.87. The smallest absolute Gasteiger partial charge is 0.254 e. The van der Waals surface area contributed by atoms with Gasteiger partial charge in [-0.25, -0.2) is 15.0 Å². The number of nitrogens with two attached hydrogens (primary N) is 1. The topological polar surface area (TPSA) is 94.2 Å². The van der Waals surface area contributed by atoms with Gasteiger partial charge in [-0.05, 0) is 38.0 Å². The van der Waals surface area contributed by atoms with E-state index in [-0.39, 0.29) is 18.0 Å². The van der Waals surface area contributed by atoms with Crippen LogP contribution in [0.4, 0.5) is 5.95 Å². The van der Waals surface area contributed by atoms with Crippen LogP contribution >= 0.6 is 0 Å². The number of rotatable bonds is 3. The summed E-state index contributed by atoms with van der Waals surface area (Å²) in [5.41, 5.74) is 10.6. The molecule has 4 rings (SSSR count). The zero-order chi connectivity index (χ0) is 20.5. The van der Waals surface area contributed by atoms with E-state index in [1.807, 2.05) is 30.9 Å². The molecule has 0 spiro atoms. The third-order valence-electron chi connectivity index (χ3n) is 5.33. The van der Waals surface area contributed by atoms with Crippen LogP contribution < -0.4 is 5.73 Å². The number of nitrogen functional groups attached to an aromatic ring is 1. The highest BCUT2D eigenvalue weighted by molar-refractivity contribution is 6.08. The lowest BCUT2D eigenvalue weighted by Gasteiger charge is -2.33. The number of morpholine rings is 1. The molecule has 1 aliphatic rings. The number of carbonyl (C=O) groups excluding carboxylic acids is 1. The lowest BCUT2D eigenvalue weighted by Crippen LogP contribution is -2.45. The molecule has 1 amide bonds. The molecule has 0 aliphatic carbocycles. The predicted octanol–water partition coefficient (Wildman–Crippen LogP) is 3.14. The van der Waals surface area contributed by atoms with Crippen LogP contribution in [0.5, 0.6) is 0 Å². The van der Waals surface area contributed by atoms with Gasteiger partial charge in [-0.3, -0.25) is 4.79 Å². The van der Waals surface area contributed by atoms with Gasteiger partial charge in [0.05, 0.1) is 29.5 Å². The monoisotopic (exact) mass is 391 g/mol. The largest absolute Gasteiger partial charge is 0.375 e. The Hall–Kier alpha value is -3.06. The van der Waals surface area contributed by atoms with E-state index in [0.717, 1.165) is 34.0 Å². The van der Waals surface area contributed by atoms with Crippen LogP contribution in [0, 0.1) is 13.8 Å². The number of hydrogen-bond donors (Lipinski definition) is 1. The highest BCUT2D eigenvalue weighted by Crippen LogP contribution is 2.29. The number of carbonyl (C=O) groups is 1. The average molecular weight is 391 g/mol. The number of hydrogen-bond acceptors (Lipinski definition) is 6. The van der Waals surface area contributed by atoms with Gasteiger partial charge in [0.1, 0.15) is 0 Å². The second-order valence-electron chi connectivity index (χ2n) is 7.52. The van der Waals surface area contributed by atoms with E-state index in [0.29, 0.717) is 31.0 Å². The zero-order valence-corrected chi connectivity index (χ0v) is 17.0. The molecule has 29 heavy (non-hydrogen) atoms. The normalized spacial score (nSPS) is 16.9. The zero-order valence-electron chi connectivity index (χ0n) is 17.0. The summed E-state index contributed by atoms with van der Waals surface area (Å²) in [4.78, 5) is 28.4. The molecule has 1 saturated heterocycles. The predicted molar refractivity (Wildman–Crippen MR) is 113 cm³/mol. The van der Waals surface area contributed by atoms with Crippen LogP contribution in [0.1, 0.15) is 34.8 Å². The van der Waals surface area contributed by atoms with Crippen LogP contribution in [-0.4, -0.2) is 51.6 Å². The second kappa shape index (κ2) is 7.75. The summed E-state index contributed by atoms with van der Waals surface area (Å²) < 4.78 is 5.74. The van der Waals surface area contributed by atoms with E-state index in [1.165, 1.54) is 0 Å². The second-order valence-corrected chi connectivity index (χ2v) is 7.52. The summed E-state index contributed by atoms with van der Waals surface area (Å²) in [5, 5.41) is 0.868. The van der Waals surface area contributed by atoms with Gasteiger partial charge in [0.15, 0.2) is 0 Å². The van der Waals surface area contributed by atoms with Gasteiger partial charge in [-0.1, -0.05) is 18.6 Å². The van der Waals surface area contributed by atoms with Crippen molar-refractivity contribution >= 4 is 22.8 Å². The fourth-order valence-corrected chi connectivity index (χ4v) is 3.80. The minimum Gasteiger partial charge on any atom is -0.375 e. The fraction of sp³-hybridized carbons (Fsp3) is 0.364. The minimum absolute atomic E-state index is 0.00163. The number of pyridine rings is 1. The number of aromatic nitrogens is 3. The standard InChI is InChI=1S/C22H25N5O2/c1-4-16-12-27(5-6-29-16)21(28)18-9-19(15-10-24-22(23)25-11-15)26-20-14(3)7-13(2)8-17(18)20/h7-11,16H,4-6,12H2,1-3H3,(H2,23,24,25)/t16-/m0/s1. The van der Waals surface area contributed by atoms with Gasteiger partial charge in [0.2, 0.25) is 5.95 Å². The van der Waals surface area contributed by atoms with Crippen molar-refractivity contribution in [2.24, 2.45) is 0 Å². The van der Waals surface area contributed by atoms with Crippen LogP contribution in [0.2, 0.25) is 0 Å². The number of amides is 1. The van der Waals surface area contributed by atoms with Crippen LogP contribution in [0.3, 0.4) is 0 Å². The molecular weight excluding hydrogens is 366 g/mol. The number of aryl methyl sites for hydroxylation is 2. The number of benzene rings is 1. The van der Waals surface area contributed by atoms with E-state index in [9.17, 15) is 4.79 Å². The molecule has 0 bridgehead atoms. The molecule has 1 fully saturated rings. The molecule has 2 aromatic heterocycles. The quantitative estimate of drug-likeness (QED) is 0.737. The Morgan fingerprint density at radius 2 is 2.00 bits per heavy atom. The van der Waals surface area contributed by atoms with Gasteiger partial charge in [-0.15, -0.1) is 0 Å². The highest BCUT2D eigenvalue weighted by Gasteiger charge is 2.26. The molecule has 0 unspecified atom stereocenters. The van der Waals surface area contributed by atoms with Crippen molar-refractivity contribution in [3.63, 3.8) is 0 Å². The summed E-state index contributed by atoms with van der Waals surface area (Å²) in [6.45, 7) is 7.87. The Morgan fingerprint density at radius 3 is 2.72 bits per heavy atom. The maximum absolute atomic E-state index is 13.5. The van der Waals surface area contributed by atoms with Crippen molar-refractivity contribution < 1.29 is 9.53 Å². The van der Waals surface area contributed by atoms with Gasteiger partial charge >= 0.3 is 0 Å². The van der Waals surface area contributed by atoms with E-state index in [2.05, 4.69) is 23.0 Å². The lowest BCUT2D eigenvalue weighted by atomic mass is 9.99. The maximum Gasteiger partial charge on any atom is 0.254 e. The number of anilines is 1. The van der Waals surface area contributed by atoms with Crippen molar-refractivity contribution in [2.75, 3.05) is 25.4 Å². The van der Waals surface area contributed by atoms with Crippen LogP contribution in [-0.2, 0) is 4.74 Å². The Balaban J connectivity index is 1.86. The Labute approximate surface area is 169 Å². The number of ether oxygens (including phenoxy) is 1. The van der Waals surface area contributed by atoms with Gasteiger partial charge in [-0.2, -0.15) is 0 Å². The van der Waals surface area contributed by atoms with Crippen molar-refractivity contribution in [3.05, 3.63) is 47.3 Å². The van der Waals surface area contributed by atoms with Crippen molar-refractivity contribution in [1.82, 2.24) is 19.9 Å². The first-order chi connectivity index (χ1) is 14.0. The molecule has 1 aromatic carbocycles. The minimum atomic E-state index is 0.00163. The molecule has 3 heterocycles. The van der Waals surface area contributed by atoms with Gasteiger partial charge in [0, 0.05) is 36.4 Å². The third kappa shape index (κ3) is 3.78. The third-order valence-corrected chi connectivity index (χ3v) is 5.33. The Morgan fingerprint density at radius 1 is 1.24 bits per heavy atom. The van der Waals surface area contributed by atoms with E-state index in [4.69, 9.17) is 15.5 Å². The summed E-state index contributed by atoms with van der Waals surface area (Å²) in [6.07, 6.45) is 4.23. The number of fused-ring (bicyclic) bond motifs is 1. The molecule has 0 radical (unpaired) electrons. The van der Waals surface area contributed by atoms with Crippen molar-refractivity contribution in [1.29, 1.82) is 0 Å². The molecule has 0 saturated carbocycles. The van der Waals surface area contributed by atoms with E-state index >= 15 is 0 Å².